The van der Waals surface area contributed by atoms with E-state index in [1.54, 1.807) is 5.38 Å². The summed E-state index contributed by atoms with van der Waals surface area (Å²) in [6.45, 7) is 9.74. The number of nitrogens with zero attached hydrogens (tertiary/aromatic N) is 3. The summed E-state index contributed by atoms with van der Waals surface area (Å²) in [5.41, 5.74) is 0.500. The summed E-state index contributed by atoms with van der Waals surface area (Å²) in [4.78, 5) is 20.6. The average molecular weight is 302 g/mol. The molecular formula is C13H20ClN3OS. The second-order valence-corrected chi connectivity index (χ2v) is 6.36. The first-order valence-electron chi connectivity index (χ1n) is 6.62. The maximum Gasteiger partial charge on any atom is 0.196 e. The van der Waals surface area contributed by atoms with Crippen molar-refractivity contribution in [3.05, 3.63) is 11.1 Å². The zero-order valence-electron chi connectivity index (χ0n) is 11.4. The maximum absolute atomic E-state index is 11.5. The molecule has 0 spiro atoms. The molecule has 2 rings (SSSR count). The van der Waals surface area contributed by atoms with Gasteiger partial charge in [-0.25, -0.2) is 4.98 Å². The van der Waals surface area contributed by atoms with Crippen molar-refractivity contribution in [2.75, 3.05) is 43.5 Å². The highest BCUT2D eigenvalue weighted by molar-refractivity contribution is 7.14. The predicted molar refractivity (Wildman–Crippen MR) is 80.7 cm³/mol. The number of anilines is 1. The van der Waals surface area contributed by atoms with Gasteiger partial charge in [0, 0.05) is 38.1 Å². The molecule has 1 fully saturated rings. The fraction of sp³-hybridized carbons (Fsp3) is 0.692. The third kappa shape index (κ3) is 3.91. The van der Waals surface area contributed by atoms with Crippen LogP contribution in [-0.4, -0.2) is 54.3 Å². The van der Waals surface area contributed by atoms with Crippen molar-refractivity contribution in [2.45, 2.75) is 13.8 Å². The molecule has 4 nitrogen and oxygen atoms in total. The number of carbonyl (C=O) groups excluding carboxylic acids is 1. The monoisotopic (exact) mass is 301 g/mol. The molecule has 0 unspecified atom stereocenters. The third-order valence-corrected chi connectivity index (χ3v) is 4.31. The molecule has 1 aromatic rings. The first-order chi connectivity index (χ1) is 9.10. The largest absolute Gasteiger partial charge is 0.346 e. The van der Waals surface area contributed by atoms with E-state index in [1.807, 2.05) is 0 Å². The number of thiazole rings is 1. The van der Waals surface area contributed by atoms with Gasteiger partial charge in [-0.2, -0.15) is 0 Å². The molecule has 1 aliphatic heterocycles. The van der Waals surface area contributed by atoms with Gasteiger partial charge in [0.15, 0.2) is 10.9 Å². The number of hydrogen-bond donors (Lipinski definition) is 0. The van der Waals surface area contributed by atoms with Crippen molar-refractivity contribution in [3.8, 4) is 0 Å². The van der Waals surface area contributed by atoms with Crippen LogP contribution in [0, 0.1) is 5.92 Å². The van der Waals surface area contributed by atoms with E-state index in [1.165, 1.54) is 11.3 Å². The van der Waals surface area contributed by atoms with Gasteiger partial charge in [-0.05, 0) is 5.92 Å². The normalized spacial score (nSPS) is 17.2. The zero-order valence-corrected chi connectivity index (χ0v) is 13.0. The van der Waals surface area contributed by atoms with Gasteiger partial charge < -0.3 is 4.90 Å². The number of piperazine rings is 1. The first-order valence-corrected chi connectivity index (χ1v) is 8.03. The van der Waals surface area contributed by atoms with Crippen molar-refractivity contribution >= 4 is 33.9 Å². The fourth-order valence-corrected chi connectivity index (χ4v) is 3.26. The van der Waals surface area contributed by atoms with E-state index in [9.17, 15) is 4.79 Å². The van der Waals surface area contributed by atoms with Crippen molar-refractivity contribution < 1.29 is 4.79 Å². The number of rotatable bonds is 5. The standard InChI is InChI=1S/C13H20ClN3OS/c1-10(2)8-16-3-5-17(6-4-16)13-15-11(9-19-13)12(18)7-14/h9-10H,3-8H2,1-2H3. The number of halogens is 1. The van der Waals surface area contributed by atoms with Crippen LogP contribution in [0.3, 0.4) is 0 Å². The van der Waals surface area contributed by atoms with Crippen LogP contribution in [0.15, 0.2) is 5.38 Å². The number of carbonyl (C=O) groups is 1. The van der Waals surface area contributed by atoms with E-state index in [-0.39, 0.29) is 11.7 Å². The predicted octanol–water partition coefficient (Wildman–Crippen LogP) is 2.34. The van der Waals surface area contributed by atoms with Crippen LogP contribution in [0.1, 0.15) is 24.3 Å². The number of hydrogen-bond acceptors (Lipinski definition) is 5. The Morgan fingerprint density at radius 3 is 2.68 bits per heavy atom. The fourth-order valence-electron chi connectivity index (χ4n) is 2.24. The zero-order chi connectivity index (χ0) is 13.8. The van der Waals surface area contributed by atoms with E-state index in [0.29, 0.717) is 11.6 Å². The maximum atomic E-state index is 11.5. The lowest BCUT2D eigenvalue weighted by atomic mass is 10.2. The van der Waals surface area contributed by atoms with E-state index in [2.05, 4.69) is 28.6 Å². The summed E-state index contributed by atoms with van der Waals surface area (Å²) in [7, 11) is 0. The molecule has 0 N–H and O–H groups in total. The summed E-state index contributed by atoms with van der Waals surface area (Å²) >= 11 is 7.08. The van der Waals surface area contributed by atoms with Crippen molar-refractivity contribution in [1.29, 1.82) is 0 Å². The Hall–Kier alpha value is -0.650. The van der Waals surface area contributed by atoms with Crippen LogP contribution in [0.2, 0.25) is 0 Å². The third-order valence-electron chi connectivity index (χ3n) is 3.17. The highest BCUT2D eigenvalue weighted by Gasteiger charge is 2.20. The van der Waals surface area contributed by atoms with Gasteiger partial charge in [0.1, 0.15) is 5.69 Å². The highest BCUT2D eigenvalue weighted by Crippen LogP contribution is 2.22. The molecule has 0 aliphatic carbocycles. The van der Waals surface area contributed by atoms with Gasteiger partial charge in [-0.1, -0.05) is 13.8 Å². The van der Waals surface area contributed by atoms with Crippen LogP contribution in [0.25, 0.3) is 0 Å². The smallest absolute Gasteiger partial charge is 0.196 e. The Kier molecular flexibility index (Phi) is 5.19. The van der Waals surface area contributed by atoms with Crippen LogP contribution < -0.4 is 4.90 Å². The molecule has 1 aliphatic rings. The summed E-state index contributed by atoms with van der Waals surface area (Å²) < 4.78 is 0. The minimum Gasteiger partial charge on any atom is -0.346 e. The Bertz CT molecular complexity index is 427. The molecule has 0 saturated carbocycles. The lowest BCUT2D eigenvalue weighted by molar-refractivity contribution is 0.101. The Labute approximate surface area is 123 Å². The molecular weight excluding hydrogens is 282 g/mol. The van der Waals surface area contributed by atoms with Crippen molar-refractivity contribution in [3.63, 3.8) is 0 Å². The molecule has 0 amide bonds. The van der Waals surface area contributed by atoms with Gasteiger partial charge in [0.05, 0.1) is 5.88 Å². The van der Waals surface area contributed by atoms with E-state index in [4.69, 9.17) is 11.6 Å². The Morgan fingerprint density at radius 1 is 1.42 bits per heavy atom. The first kappa shape index (κ1) is 14.8. The van der Waals surface area contributed by atoms with Crippen molar-refractivity contribution in [1.82, 2.24) is 9.88 Å². The number of aromatic nitrogens is 1. The Balaban J connectivity index is 1.91. The summed E-state index contributed by atoms with van der Waals surface area (Å²) in [5, 5.41) is 2.75. The number of ketones is 1. The molecule has 1 saturated heterocycles. The van der Waals surface area contributed by atoms with Crippen LogP contribution in [0.5, 0.6) is 0 Å². The topological polar surface area (TPSA) is 36.4 Å². The summed E-state index contributed by atoms with van der Waals surface area (Å²) in [6, 6.07) is 0. The van der Waals surface area contributed by atoms with E-state index in [0.717, 1.165) is 37.9 Å². The summed E-state index contributed by atoms with van der Waals surface area (Å²) in [5.74, 6) is 0.618. The quantitative estimate of drug-likeness (QED) is 0.618. The molecule has 0 aromatic carbocycles. The summed E-state index contributed by atoms with van der Waals surface area (Å²) in [6.07, 6.45) is 0. The van der Waals surface area contributed by atoms with Gasteiger partial charge in [-0.3, -0.25) is 9.69 Å². The van der Waals surface area contributed by atoms with E-state index < -0.39 is 0 Å². The van der Waals surface area contributed by atoms with Crippen LogP contribution >= 0.6 is 22.9 Å². The number of alkyl halides is 1. The van der Waals surface area contributed by atoms with Gasteiger partial charge in [0.25, 0.3) is 0 Å². The van der Waals surface area contributed by atoms with Gasteiger partial charge in [0.2, 0.25) is 0 Å². The molecule has 2 heterocycles. The molecule has 0 radical (unpaired) electrons. The minimum absolute atomic E-state index is 0.00530. The number of Topliss-reactive ketones (excluding diaryl/α,β-unsaturated/α-hetero) is 1. The average Bonchev–Trinajstić information content (AvgIpc) is 2.87. The van der Waals surface area contributed by atoms with E-state index >= 15 is 0 Å². The van der Waals surface area contributed by atoms with Crippen molar-refractivity contribution in [2.24, 2.45) is 5.92 Å². The molecule has 1 aromatic heterocycles. The molecule has 0 bridgehead atoms. The van der Waals surface area contributed by atoms with Gasteiger partial charge >= 0.3 is 0 Å². The Morgan fingerprint density at radius 2 is 2.11 bits per heavy atom. The molecule has 19 heavy (non-hydrogen) atoms. The highest BCUT2D eigenvalue weighted by atomic mass is 35.5. The van der Waals surface area contributed by atoms with Crippen LogP contribution in [-0.2, 0) is 0 Å². The van der Waals surface area contributed by atoms with Gasteiger partial charge in [-0.15, -0.1) is 22.9 Å². The lowest BCUT2D eigenvalue weighted by Crippen LogP contribution is -2.47. The second-order valence-electron chi connectivity index (χ2n) is 5.25. The second kappa shape index (κ2) is 6.68. The van der Waals surface area contributed by atoms with Crippen LogP contribution in [0.4, 0.5) is 5.13 Å². The molecule has 106 valence electrons. The molecule has 0 atom stereocenters. The molecule has 6 heteroatoms. The lowest BCUT2D eigenvalue weighted by Gasteiger charge is -2.35. The SMILES string of the molecule is CC(C)CN1CCN(c2nc(C(=O)CCl)cs2)CC1. The minimum atomic E-state index is -0.0948.